The van der Waals surface area contributed by atoms with Crippen LogP contribution in [0.2, 0.25) is 0 Å². The summed E-state index contributed by atoms with van der Waals surface area (Å²) in [6, 6.07) is 9.42. The highest BCUT2D eigenvalue weighted by Gasteiger charge is 2.31. The number of ether oxygens (including phenoxy) is 4. The number of morpholine rings is 1. The van der Waals surface area contributed by atoms with Gasteiger partial charge in [0.15, 0.2) is 11.5 Å². The van der Waals surface area contributed by atoms with Crippen LogP contribution in [-0.4, -0.2) is 51.3 Å². The first kappa shape index (κ1) is 19.9. The van der Waals surface area contributed by atoms with Gasteiger partial charge in [-0.2, -0.15) is 0 Å². The maximum atomic E-state index is 13.2. The Morgan fingerprint density at radius 3 is 2.18 bits per heavy atom. The maximum absolute atomic E-state index is 13.2. The molecule has 1 heterocycles. The van der Waals surface area contributed by atoms with Gasteiger partial charge in [0.2, 0.25) is 5.75 Å². The lowest BCUT2D eigenvalue weighted by atomic mass is 10.0. The number of amides is 1. The van der Waals surface area contributed by atoms with Crippen LogP contribution in [0.1, 0.15) is 28.9 Å². The molecule has 0 aliphatic carbocycles. The van der Waals surface area contributed by atoms with Gasteiger partial charge in [-0.05, 0) is 36.8 Å². The number of hydrogen-bond donors (Lipinski definition) is 0. The Labute approximate surface area is 163 Å². The molecular formula is C21H24FNO5. The lowest BCUT2D eigenvalue weighted by Crippen LogP contribution is -2.46. The van der Waals surface area contributed by atoms with Gasteiger partial charge in [-0.1, -0.05) is 12.1 Å². The molecule has 6 nitrogen and oxygen atoms in total. The number of nitrogens with zero attached hydrogens (tertiary/aromatic N) is 1. The predicted octanol–water partition coefficient (Wildman–Crippen LogP) is 3.45. The molecule has 1 aliphatic rings. The van der Waals surface area contributed by atoms with Gasteiger partial charge in [-0.25, -0.2) is 4.39 Å². The van der Waals surface area contributed by atoms with Crippen LogP contribution >= 0.6 is 0 Å². The highest BCUT2D eigenvalue weighted by Crippen LogP contribution is 2.39. The van der Waals surface area contributed by atoms with Crippen LogP contribution in [0, 0.1) is 5.82 Å². The lowest BCUT2D eigenvalue weighted by Gasteiger charge is -2.37. The zero-order valence-corrected chi connectivity index (χ0v) is 16.4. The molecule has 28 heavy (non-hydrogen) atoms. The summed E-state index contributed by atoms with van der Waals surface area (Å²) in [5.41, 5.74) is 1.26. The van der Waals surface area contributed by atoms with Crippen LogP contribution in [-0.2, 0) is 4.74 Å². The molecule has 1 amide bonds. The first-order valence-corrected chi connectivity index (χ1v) is 8.97. The van der Waals surface area contributed by atoms with E-state index in [-0.39, 0.29) is 23.9 Å². The Balaban J connectivity index is 1.87. The minimum atomic E-state index is -0.324. The van der Waals surface area contributed by atoms with Crippen LogP contribution in [0.15, 0.2) is 36.4 Å². The molecule has 2 unspecified atom stereocenters. The highest BCUT2D eigenvalue weighted by atomic mass is 19.1. The zero-order chi connectivity index (χ0) is 20.3. The van der Waals surface area contributed by atoms with Crippen molar-refractivity contribution >= 4 is 5.91 Å². The average molecular weight is 389 g/mol. The smallest absolute Gasteiger partial charge is 0.254 e. The monoisotopic (exact) mass is 389 g/mol. The fourth-order valence-electron chi connectivity index (χ4n) is 3.37. The van der Waals surface area contributed by atoms with Gasteiger partial charge in [-0.3, -0.25) is 4.79 Å². The zero-order valence-electron chi connectivity index (χ0n) is 16.4. The first-order chi connectivity index (χ1) is 13.5. The second-order valence-electron chi connectivity index (χ2n) is 6.61. The molecule has 0 bridgehead atoms. The van der Waals surface area contributed by atoms with Crippen LogP contribution in [0.5, 0.6) is 17.2 Å². The topological polar surface area (TPSA) is 57.2 Å². The summed E-state index contributed by atoms with van der Waals surface area (Å²) >= 11 is 0. The third-order valence-corrected chi connectivity index (χ3v) is 4.70. The summed E-state index contributed by atoms with van der Waals surface area (Å²) in [5.74, 6) is 0.795. The predicted molar refractivity (Wildman–Crippen MR) is 102 cm³/mol. The summed E-state index contributed by atoms with van der Waals surface area (Å²) in [5, 5.41) is 0. The Morgan fingerprint density at radius 2 is 1.64 bits per heavy atom. The van der Waals surface area contributed by atoms with Crippen LogP contribution in [0.4, 0.5) is 4.39 Å². The average Bonchev–Trinajstić information content (AvgIpc) is 2.72. The molecular weight excluding hydrogens is 365 g/mol. The molecule has 7 heteroatoms. The van der Waals surface area contributed by atoms with Crippen molar-refractivity contribution < 1.29 is 28.1 Å². The summed E-state index contributed by atoms with van der Waals surface area (Å²) in [4.78, 5) is 14.9. The Hall–Kier alpha value is -2.80. The number of hydrogen-bond acceptors (Lipinski definition) is 5. The van der Waals surface area contributed by atoms with Gasteiger partial charge < -0.3 is 23.8 Å². The maximum Gasteiger partial charge on any atom is 0.254 e. The SMILES string of the molecule is COc1cc(C(=O)N2CC(C)OC(c3ccc(F)cc3)C2)cc(OC)c1OC. The molecule has 2 atom stereocenters. The van der Waals surface area contributed by atoms with E-state index in [9.17, 15) is 9.18 Å². The third-order valence-electron chi connectivity index (χ3n) is 4.70. The van der Waals surface area contributed by atoms with Crippen molar-refractivity contribution in [2.75, 3.05) is 34.4 Å². The Morgan fingerprint density at radius 1 is 1.04 bits per heavy atom. The van der Waals surface area contributed by atoms with Crippen molar-refractivity contribution in [2.24, 2.45) is 0 Å². The van der Waals surface area contributed by atoms with Crippen molar-refractivity contribution in [3.8, 4) is 17.2 Å². The summed E-state index contributed by atoms with van der Waals surface area (Å²) < 4.78 is 35.2. The molecule has 150 valence electrons. The molecule has 1 fully saturated rings. The van der Waals surface area contributed by atoms with Crippen LogP contribution in [0.3, 0.4) is 0 Å². The molecule has 1 saturated heterocycles. The van der Waals surface area contributed by atoms with E-state index in [1.807, 2.05) is 6.92 Å². The molecule has 2 aromatic rings. The third kappa shape index (κ3) is 4.04. The van der Waals surface area contributed by atoms with Crippen molar-refractivity contribution in [3.63, 3.8) is 0 Å². The number of carbonyl (C=O) groups is 1. The minimum absolute atomic E-state index is 0.158. The van der Waals surface area contributed by atoms with E-state index in [0.717, 1.165) is 5.56 Å². The van der Waals surface area contributed by atoms with Crippen LogP contribution in [0.25, 0.3) is 0 Å². The number of carbonyl (C=O) groups excluding carboxylic acids is 1. The first-order valence-electron chi connectivity index (χ1n) is 8.97. The number of rotatable bonds is 5. The van der Waals surface area contributed by atoms with E-state index in [4.69, 9.17) is 18.9 Å². The Bertz CT molecular complexity index is 814. The quantitative estimate of drug-likeness (QED) is 0.784. The van der Waals surface area contributed by atoms with Gasteiger partial charge in [0.25, 0.3) is 5.91 Å². The van der Waals surface area contributed by atoms with E-state index in [0.29, 0.717) is 35.9 Å². The molecule has 0 aromatic heterocycles. The summed E-state index contributed by atoms with van der Waals surface area (Å²) in [6.45, 7) is 2.73. The van der Waals surface area contributed by atoms with Gasteiger partial charge in [0.05, 0.1) is 34.0 Å². The summed E-state index contributed by atoms with van der Waals surface area (Å²) in [6.07, 6.45) is -0.481. The van der Waals surface area contributed by atoms with E-state index >= 15 is 0 Å². The lowest BCUT2D eigenvalue weighted by molar-refractivity contribution is -0.0692. The second-order valence-corrected chi connectivity index (χ2v) is 6.61. The fraction of sp³-hybridized carbons (Fsp3) is 0.381. The van der Waals surface area contributed by atoms with Crippen LogP contribution < -0.4 is 14.2 Å². The molecule has 2 aromatic carbocycles. The van der Waals surface area contributed by atoms with Gasteiger partial charge in [0, 0.05) is 12.1 Å². The molecule has 0 spiro atoms. The number of benzene rings is 2. The minimum Gasteiger partial charge on any atom is -0.493 e. The van der Waals surface area contributed by atoms with E-state index in [2.05, 4.69) is 0 Å². The molecule has 0 N–H and O–H groups in total. The molecule has 3 rings (SSSR count). The molecule has 0 saturated carbocycles. The number of methoxy groups -OCH3 is 3. The summed E-state index contributed by atoms with van der Waals surface area (Å²) in [7, 11) is 4.53. The van der Waals surface area contributed by atoms with Gasteiger partial charge in [-0.15, -0.1) is 0 Å². The normalized spacial score (nSPS) is 19.2. The highest BCUT2D eigenvalue weighted by molar-refractivity contribution is 5.95. The van der Waals surface area contributed by atoms with E-state index in [1.165, 1.54) is 33.5 Å². The molecule has 1 aliphatic heterocycles. The Kier molecular flexibility index (Phi) is 6.04. The van der Waals surface area contributed by atoms with Gasteiger partial charge >= 0.3 is 0 Å². The van der Waals surface area contributed by atoms with Gasteiger partial charge in [0.1, 0.15) is 11.9 Å². The van der Waals surface area contributed by atoms with Crippen molar-refractivity contribution in [2.45, 2.75) is 19.1 Å². The largest absolute Gasteiger partial charge is 0.493 e. The van der Waals surface area contributed by atoms with E-state index in [1.54, 1.807) is 29.2 Å². The second kappa shape index (κ2) is 8.48. The standard InChI is InChI=1S/C21H24FNO5/c1-13-11-23(12-19(28-13)14-5-7-16(22)8-6-14)21(24)15-9-17(25-2)20(27-4)18(10-15)26-3/h5-10,13,19H,11-12H2,1-4H3. The number of halogens is 1. The molecule has 0 radical (unpaired) electrons. The van der Waals surface area contributed by atoms with Crippen molar-refractivity contribution in [1.82, 2.24) is 4.90 Å². The van der Waals surface area contributed by atoms with Crippen molar-refractivity contribution in [1.29, 1.82) is 0 Å². The van der Waals surface area contributed by atoms with E-state index < -0.39 is 0 Å². The fourth-order valence-corrected chi connectivity index (χ4v) is 3.37. The van der Waals surface area contributed by atoms with Crippen molar-refractivity contribution in [3.05, 3.63) is 53.3 Å².